The summed E-state index contributed by atoms with van der Waals surface area (Å²) in [5.41, 5.74) is 0.255. The van der Waals surface area contributed by atoms with Crippen LogP contribution in [-0.2, 0) is 12.1 Å². The molecule has 0 aromatic carbocycles. The fraction of sp³-hybridized carbons (Fsp3) is 0.375. The molecule has 0 saturated carbocycles. The molecule has 1 nitrogen and oxygen atoms in total. The van der Waals surface area contributed by atoms with Crippen LogP contribution in [0.5, 0.6) is 0 Å². The quantitative estimate of drug-likeness (QED) is 0.648. The number of halogens is 4. The number of rotatable bonds is 1. The van der Waals surface area contributed by atoms with Gasteiger partial charge in [-0.15, -0.1) is 11.6 Å². The zero-order chi connectivity index (χ0) is 10.1. The first-order valence-corrected chi connectivity index (χ1v) is 4.07. The Morgan fingerprint density at radius 1 is 1.46 bits per heavy atom. The second-order valence-electron chi connectivity index (χ2n) is 2.63. The van der Waals surface area contributed by atoms with Crippen molar-refractivity contribution in [3.8, 4) is 0 Å². The van der Waals surface area contributed by atoms with E-state index in [-0.39, 0.29) is 5.88 Å². The highest BCUT2D eigenvalue weighted by Gasteiger charge is 2.32. The van der Waals surface area contributed by atoms with Gasteiger partial charge in [-0.1, -0.05) is 0 Å². The summed E-state index contributed by atoms with van der Waals surface area (Å²) >= 11 is 5.48. The van der Waals surface area contributed by atoms with Crippen LogP contribution >= 0.6 is 11.6 Å². The number of nitrogens with zero attached hydrogens (tertiary/aromatic N) is 1. The number of aromatic nitrogens is 1. The van der Waals surface area contributed by atoms with Crippen LogP contribution < -0.4 is 0 Å². The van der Waals surface area contributed by atoms with Gasteiger partial charge < -0.3 is 0 Å². The van der Waals surface area contributed by atoms with Crippen LogP contribution in [0.1, 0.15) is 16.8 Å². The van der Waals surface area contributed by atoms with E-state index in [0.717, 1.165) is 12.3 Å². The second kappa shape index (κ2) is 3.54. The van der Waals surface area contributed by atoms with Gasteiger partial charge >= 0.3 is 6.18 Å². The number of alkyl halides is 4. The zero-order valence-electron chi connectivity index (χ0n) is 6.82. The Bertz CT molecular complexity index is 309. The van der Waals surface area contributed by atoms with Crippen LogP contribution in [0.4, 0.5) is 13.2 Å². The van der Waals surface area contributed by atoms with Gasteiger partial charge in [-0.3, -0.25) is 4.98 Å². The van der Waals surface area contributed by atoms with E-state index >= 15 is 0 Å². The molecule has 1 aromatic rings. The first-order valence-electron chi connectivity index (χ1n) is 3.54. The van der Waals surface area contributed by atoms with Crippen LogP contribution in [-0.4, -0.2) is 4.98 Å². The maximum atomic E-state index is 12.1. The summed E-state index contributed by atoms with van der Waals surface area (Å²) in [6.07, 6.45) is -3.22. The molecule has 0 bridgehead atoms. The minimum absolute atomic E-state index is 0.178. The molecule has 0 unspecified atom stereocenters. The van der Waals surface area contributed by atoms with E-state index in [9.17, 15) is 13.2 Å². The Morgan fingerprint density at radius 3 is 2.46 bits per heavy atom. The Hall–Kier alpha value is -0.770. The average molecular weight is 210 g/mol. The molecule has 0 amide bonds. The molecule has 0 aliphatic carbocycles. The summed E-state index contributed by atoms with van der Waals surface area (Å²) < 4.78 is 36.3. The molecular formula is C8H7ClF3N. The Morgan fingerprint density at radius 2 is 2.08 bits per heavy atom. The van der Waals surface area contributed by atoms with E-state index in [0.29, 0.717) is 11.1 Å². The summed E-state index contributed by atoms with van der Waals surface area (Å²) in [7, 11) is 0. The fourth-order valence-electron chi connectivity index (χ4n) is 0.879. The molecule has 0 spiro atoms. The second-order valence-corrected chi connectivity index (χ2v) is 2.89. The van der Waals surface area contributed by atoms with Crippen LogP contribution in [0.2, 0.25) is 0 Å². The van der Waals surface area contributed by atoms with Crippen molar-refractivity contribution in [3.63, 3.8) is 0 Å². The SMILES string of the molecule is Cc1cc(C(F)(F)F)ncc1CCl. The minimum Gasteiger partial charge on any atom is -0.251 e. The average Bonchev–Trinajstić information content (AvgIpc) is 2.02. The van der Waals surface area contributed by atoms with E-state index in [4.69, 9.17) is 11.6 Å². The van der Waals surface area contributed by atoms with Gasteiger partial charge in [-0.25, -0.2) is 0 Å². The van der Waals surface area contributed by atoms with Gasteiger partial charge in [0.25, 0.3) is 0 Å². The van der Waals surface area contributed by atoms with E-state index < -0.39 is 11.9 Å². The third-order valence-corrected chi connectivity index (χ3v) is 1.94. The molecule has 0 radical (unpaired) electrons. The highest BCUT2D eigenvalue weighted by Crippen LogP contribution is 2.28. The highest BCUT2D eigenvalue weighted by atomic mass is 35.5. The molecular weight excluding hydrogens is 203 g/mol. The smallest absolute Gasteiger partial charge is 0.251 e. The van der Waals surface area contributed by atoms with Gasteiger partial charge in [0.2, 0.25) is 0 Å². The van der Waals surface area contributed by atoms with Gasteiger partial charge in [0, 0.05) is 12.1 Å². The van der Waals surface area contributed by atoms with Gasteiger partial charge in [0.15, 0.2) is 0 Å². The molecule has 13 heavy (non-hydrogen) atoms. The number of hydrogen-bond donors (Lipinski definition) is 0. The first kappa shape index (κ1) is 10.3. The molecule has 0 fully saturated rings. The lowest BCUT2D eigenvalue weighted by atomic mass is 10.1. The van der Waals surface area contributed by atoms with Gasteiger partial charge in [-0.2, -0.15) is 13.2 Å². The van der Waals surface area contributed by atoms with E-state index in [1.807, 2.05) is 0 Å². The lowest BCUT2D eigenvalue weighted by molar-refractivity contribution is -0.141. The Balaban J connectivity index is 3.10. The first-order chi connectivity index (χ1) is 5.95. The minimum atomic E-state index is -4.38. The zero-order valence-corrected chi connectivity index (χ0v) is 7.58. The predicted octanol–water partition coefficient (Wildman–Crippen LogP) is 3.15. The van der Waals surface area contributed by atoms with Crippen molar-refractivity contribution in [3.05, 3.63) is 29.1 Å². The Labute approximate surface area is 78.5 Å². The molecule has 1 heterocycles. The topological polar surface area (TPSA) is 12.9 Å². The molecule has 5 heteroatoms. The summed E-state index contributed by atoms with van der Waals surface area (Å²) in [5, 5.41) is 0. The highest BCUT2D eigenvalue weighted by molar-refractivity contribution is 6.17. The largest absolute Gasteiger partial charge is 0.433 e. The summed E-state index contributed by atoms with van der Waals surface area (Å²) in [6, 6.07) is 0.998. The lowest BCUT2D eigenvalue weighted by Gasteiger charge is -2.07. The molecule has 0 saturated heterocycles. The van der Waals surface area contributed by atoms with Gasteiger partial charge in [0.05, 0.1) is 0 Å². The van der Waals surface area contributed by atoms with Crippen molar-refractivity contribution in [2.45, 2.75) is 19.0 Å². The monoisotopic (exact) mass is 209 g/mol. The summed E-state index contributed by atoms with van der Waals surface area (Å²) in [4.78, 5) is 3.27. The third-order valence-electron chi connectivity index (χ3n) is 1.65. The van der Waals surface area contributed by atoms with Crippen LogP contribution in [0, 0.1) is 6.92 Å². The van der Waals surface area contributed by atoms with E-state index in [2.05, 4.69) is 4.98 Å². The van der Waals surface area contributed by atoms with Crippen molar-refractivity contribution in [1.29, 1.82) is 0 Å². The van der Waals surface area contributed by atoms with Crippen LogP contribution in [0.3, 0.4) is 0 Å². The maximum Gasteiger partial charge on any atom is 0.433 e. The summed E-state index contributed by atoms with van der Waals surface area (Å²) in [6.45, 7) is 1.58. The van der Waals surface area contributed by atoms with Crippen LogP contribution in [0.15, 0.2) is 12.3 Å². The molecule has 0 atom stereocenters. The molecule has 1 aromatic heterocycles. The van der Waals surface area contributed by atoms with Gasteiger partial charge in [0.1, 0.15) is 5.69 Å². The maximum absolute atomic E-state index is 12.1. The Kier molecular flexibility index (Phi) is 2.81. The van der Waals surface area contributed by atoms with Gasteiger partial charge in [-0.05, 0) is 24.1 Å². The molecule has 1 rings (SSSR count). The van der Waals surface area contributed by atoms with Crippen molar-refractivity contribution < 1.29 is 13.2 Å². The molecule has 72 valence electrons. The van der Waals surface area contributed by atoms with Crippen molar-refractivity contribution >= 4 is 11.6 Å². The standard InChI is InChI=1S/C8H7ClF3N/c1-5-2-7(8(10,11)12)13-4-6(5)3-9/h2,4H,3H2,1H3. The normalized spacial score (nSPS) is 11.8. The number of aryl methyl sites for hydroxylation is 1. The van der Waals surface area contributed by atoms with Crippen molar-refractivity contribution in [1.82, 2.24) is 4.98 Å². The molecule has 0 aliphatic heterocycles. The van der Waals surface area contributed by atoms with Crippen molar-refractivity contribution in [2.75, 3.05) is 0 Å². The van der Waals surface area contributed by atoms with Crippen LogP contribution in [0.25, 0.3) is 0 Å². The van der Waals surface area contributed by atoms with E-state index in [1.165, 1.54) is 0 Å². The fourth-order valence-corrected chi connectivity index (χ4v) is 1.16. The summed E-state index contributed by atoms with van der Waals surface area (Å²) in [5.74, 6) is 0.178. The van der Waals surface area contributed by atoms with Crippen molar-refractivity contribution in [2.24, 2.45) is 0 Å². The lowest BCUT2D eigenvalue weighted by Crippen LogP contribution is -2.08. The molecule has 0 N–H and O–H groups in total. The molecule has 0 aliphatic rings. The van der Waals surface area contributed by atoms with E-state index in [1.54, 1.807) is 6.92 Å². The third kappa shape index (κ3) is 2.34. The number of hydrogen-bond acceptors (Lipinski definition) is 1. The predicted molar refractivity (Wildman–Crippen MR) is 43.5 cm³/mol. The number of pyridine rings is 1.